The van der Waals surface area contributed by atoms with E-state index in [-0.39, 0.29) is 0 Å². The minimum Gasteiger partial charge on any atom is -0.150 e. The van der Waals surface area contributed by atoms with Crippen molar-refractivity contribution in [2.75, 3.05) is 0 Å². The highest BCUT2D eigenvalue weighted by molar-refractivity contribution is 7.15. The fourth-order valence-electron chi connectivity index (χ4n) is 1.19. The summed E-state index contributed by atoms with van der Waals surface area (Å²) in [6.45, 7) is 4.12. The molecule has 2 rings (SSSR count). The van der Waals surface area contributed by atoms with E-state index in [9.17, 15) is 0 Å². The molecule has 0 unspecified atom stereocenters. The highest BCUT2D eigenvalue weighted by atomic mass is 32.1. The fourth-order valence-corrected chi connectivity index (χ4v) is 1.88. The van der Waals surface area contributed by atoms with E-state index in [0.29, 0.717) is 0 Å². The SMILES string of the molecule is Cc1ccc(/N=N/c2ccc(C)s2)cc1. The number of thiophene rings is 1. The molecule has 0 aliphatic rings. The molecule has 1 heterocycles. The van der Waals surface area contributed by atoms with E-state index in [1.54, 1.807) is 11.3 Å². The largest absolute Gasteiger partial charge is 0.150 e. The Morgan fingerprint density at radius 2 is 1.60 bits per heavy atom. The van der Waals surface area contributed by atoms with Crippen molar-refractivity contribution in [1.82, 2.24) is 0 Å². The van der Waals surface area contributed by atoms with Crippen LogP contribution in [-0.4, -0.2) is 0 Å². The molecule has 15 heavy (non-hydrogen) atoms. The number of nitrogens with zero attached hydrogens (tertiary/aromatic N) is 2. The van der Waals surface area contributed by atoms with Crippen molar-refractivity contribution in [2.45, 2.75) is 13.8 Å². The predicted molar refractivity (Wildman–Crippen MR) is 64.4 cm³/mol. The Kier molecular flexibility index (Phi) is 2.92. The van der Waals surface area contributed by atoms with Gasteiger partial charge in [0.2, 0.25) is 0 Å². The van der Waals surface area contributed by atoms with Crippen LogP contribution in [0, 0.1) is 13.8 Å². The van der Waals surface area contributed by atoms with Crippen LogP contribution in [0.1, 0.15) is 10.4 Å². The Morgan fingerprint density at radius 3 is 2.20 bits per heavy atom. The zero-order valence-electron chi connectivity index (χ0n) is 8.77. The lowest BCUT2D eigenvalue weighted by Crippen LogP contribution is -1.67. The number of rotatable bonds is 2. The summed E-state index contributed by atoms with van der Waals surface area (Å²) in [6.07, 6.45) is 0. The van der Waals surface area contributed by atoms with Gasteiger partial charge in [-0.3, -0.25) is 0 Å². The van der Waals surface area contributed by atoms with Gasteiger partial charge in [0, 0.05) is 4.88 Å². The first-order valence-corrected chi connectivity index (χ1v) is 5.60. The van der Waals surface area contributed by atoms with Crippen LogP contribution >= 0.6 is 11.3 Å². The van der Waals surface area contributed by atoms with Gasteiger partial charge in [-0.05, 0) is 38.1 Å². The van der Waals surface area contributed by atoms with Gasteiger partial charge in [0.1, 0.15) is 5.00 Å². The first-order chi connectivity index (χ1) is 7.24. The summed E-state index contributed by atoms with van der Waals surface area (Å²) < 4.78 is 0. The zero-order valence-corrected chi connectivity index (χ0v) is 9.58. The Balaban J connectivity index is 2.14. The molecule has 0 amide bonds. The number of hydrogen-bond acceptors (Lipinski definition) is 3. The van der Waals surface area contributed by atoms with E-state index >= 15 is 0 Å². The van der Waals surface area contributed by atoms with E-state index in [1.807, 2.05) is 36.4 Å². The molecule has 0 saturated heterocycles. The third kappa shape index (κ3) is 2.73. The highest BCUT2D eigenvalue weighted by Crippen LogP contribution is 2.26. The average molecular weight is 216 g/mol. The van der Waals surface area contributed by atoms with Crippen LogP contribution < -0.4 is 0 Å². The van der Waals surface area contributed by atoms with Gasteiger partial charge in [-0.2, -0.15) is 0 Å². The Hall–Kier alpha value is -1.48. The highest BCUT2D eigenvalue weighted by Gasteiger charge is 1.93. The van der Waals surface area contributed by atoms with Gasteiger partial charge in [0.05, 0.1) is 5.69 Å². The summed E-state index contributed by atoms with van der Waals surface area (Å²) in [4.78, 5) is 1.26. The van der Waals surface area contributed by atoms with Crippen molar-refractivity contribution in [3.05, 3.63) is 46.8 Å². The van der Waals surface area contributed by atoms with Gasteiger partial charge in [-0.1, -0.05) is 17.7 Å². The third-order valence-corrected chi connectivity index (χ3v) is 2.91. The first kappa shape index (κ1) is 10.1. The van der Waals surface area contributed by atoms with Crippen LogP contribution in [0.15, 0.2) is 46.6 Å². The molecule has 0 N–H and O–H groups in total. The average Bonchev–Trinajstić information content (AvgIpc) is 2.64. The lowest BCUT2D eigenvalue weighted by molar-refractivity contribution is 1.25. The molecule has 0 spiro atoms. The molecule has 76 valence electrons. The molecular weight excluding hydrogens is 204 g/mol. The summed E-state index contributed by atoms with van der Waals surface area (Å²) >= 11 is 1.65. The Bertz CT molecular complexity index is 469. The number of aryl methyl sites for hydroxylation is 2. The van der Waals surface area contributed by atoms with E-state index in [2.05, 4.69) is 24.1 Å². The monoisotopic (exact) mass is 216 g/mol. The molecule has 0 radical (unpaired) electrons. The summed E-state index contributed by atoms with van der Waals surface area (Å²) in [7, 11) is 0. The molecule has 0 atom stereocenters. The first-order valence-electron chi connectivity index (χ1n) is 4.79. The van der Waals surface area contributed by atoms with Gasteiger partial charge in [0.25, 0.3) is 0 Å². The van der Waals surface area contributed by atoms with Crippen molar-refractivity contribution in [1.29, 1.82) is 0 Å². The van der Waals surface area contributed by atoms with Gasteiger partial charge < -0.3 is 0 Å². The van der Waals surface area contributed by atoms with Gasteiger partial charge in [0.15, 0.2) is 0 Å². The second-order valence-electron chi connectivity index (χ2n) is 3.42. The molecule has 1 aromatic heterocycles. The molecule has 0 fully saturated rings. The molecule has 1 aromatic carbocycles. The predicted octanol–water partition coefficient (Wildman–Crippen LogP) is 4.78. The molecule has 0 aliphatic carbocycles. The molecule has 0 saturated carbocycles. The van der Waals surface area contributed by atoms with Crippen molar-refractivity contribution >= 4 is 22.0 Å². The maximum absolute atomic E-state index is 4.17. The van der Waals surface area contributed by atoms with E-state index in [0.717, 1.165) is 10.7 Å². The van der Waals surface area contributed by atoms with E-state index < -0.39 is 0 Å². The Labute approximate surface area is 93.3 Å². The standard InChI is InChI=1S/C12H12N2S/c1-9-3-6-11(7-4-9)13-14-12-8-5-10(2)15-12/h3-8H,1-2H3/b14-13+. The Morgan fingerprint density at radius 1 is 0.867 bits per heavy atom. The maximum Gasteiger partial charge on any atom is 0.139 e. The van der Waals surface area contributed by atoms with Crippen LogP contribution in [0.4, 0.5) is 10.7 Å². The molecule has 0 aliphatic heterocycles. The molecule has 2 nitrogen and oxygen atoms in total. The maximum atomic E-state index is 4.17. The van der Waals surface area contributed by atoms with Crippen LogP contribution in [-0.2, 0) is 0 Å². The summed E-state index contributed by atoms with van der Waals surface area (Å²) in [5.41, 5.74) is 2.13. The smallest absolute Gasteiger partial charge is 0.139 e. The number of benzene rings is 1. The molecular formula is C12H12N2S. The summed E-state index contributed by atoms with van der Waals surface area (Å²) in [5.74, 6) is 0. The third-order valence-electron chi connectivity index (χ3n) is 2.02. The van der Waals surface area contributed by atoms with Crippen LogP contribution in [0.25, 0.3) is 0 Å². The lowest BCUT2D eigenvalue weighted by atomic mass is 10.2. The van der Waals surface area contributed by atoms with Crippen molar-refractivity contribution in [3.8, 4) is 0 Å². The minimum atomic E-state index is 0.895. The van der Waals surface area contributed by atoms with Crippen molar-refractivity contribution in [3.63, 3.8) is 0 Å². The normalized spacial score (nSPS) is 11.1. The van der Waals surface area contributed by atoms with E-state index in [1.165, 1.54) is 10.4 Å². The van der Waals surface area contributed by atoms with Crippen LogP contribution in [0.5, 0.6) is 0 Å². The fraction of sp³-hybridized carbons (Fsp3) is 0.167. The summed E-state index contributed by atoms with van der Waals surface area (Å²) in [6, 6.07) is 12.0. The lowest BCUT2D eigenvalue weighted by Gasteiger charge is -1.92. The zero-order chi connectivity index (χ0) is 10.7. The van der Waals surface area contributed by atoms with E-state index in [4.69, 9.17) is 0 Å². The number of azo groups is 1. The number of hydrogen-bond donors (Lipinski definition) is 0. The second kappa shape index (κ2) is 4.36. The van der Waals surface area contributed by atoms with Gasteiger partial charge in [-0.15, -0.1) is 21.6 Å². The van der Waals surface area contributed by atoms with Gasteiger partial charge >= 0.3 is 0 Å². The van der Waals surface area contributed by atoms with Crippen molar-refractivity contribution < 1.29 is 0 Å². The second-order valence-corrected chi connectivity index (χ2v) is 4.69. The molecule has 2 aromatic rings. The van der Waals surface area contributed by atoms with Crippen LogP contribution in [0.2, 0.25) is 0 Å². The topological polar surface area (TPSA) is 24.7 Å². The minimum absolute atomic E-state index is 0.895. The van der Waals surface area contributed by atoms with Gasteiger partial charge in [-0.25, -0.2) is 0 Å². The van der Waals surface area contributed by atoms with Crippen molar-refractivity contribution in [2.24, 2.45) is 10.2 Å². The molecule has 3 heteroatoms. The quantitative estimate of drug-likeness (QED) is 0.645. The van der Waals surface area contributed by atoms with Crippen LogP contribution in [0.3, 0.4) is 0 Å². The summed E-state index contributed by atoms with van der Waals surface area (Å²) in [5, 5.41) is 9.29. The molecule has 0 bridgehead atoms.